The van der Waals surface area contributed by atoms with Crippen LogP contribution in [-0.4, -0.2) is 44.9 Å². The van der Waals surface area contributed by atoms with Crippen molar-refractivity contribution in [2.75, 3.05) is 13.1 Å². The number of benzene rings is 4. The van der Waals surface area contributed by atoms with Gasteiger partial charge in [0.05, 0.1) is 0 Å². The standard InChI is InChI=1S/2C18H19NO2/c1-12-10-16(20)13(2)15-8-9-19(18(21)17(12)15)11-14-6-4-3-5-7-14;1-12-10-16(20)13(2)17-15(12)8-9-19(18(17)21)11-14-6-4-3-5-7-14/h2*3-7,10,20H,8-9,11H2,1-2H3. The third-order valence-electron chi connectivity index (χ3n) is 8.47. The Kier molecular flexibility index (Phi) is 8.34. The zero-order valence-corrected chi connectivity index (χ0v) is 24.8. The van der Waals surface area contributed by atoms with E-state index in [0.29, 0.717) is 30.8 Å². The molecule has 2 aliphatic rings. The number of phenols is 2. The van der Waals surface area contributed by atoms with E-state index in [2.05, 4.69) is 0 Å². The van der Waals surface area contributed by atoms with Gasteiger partial charge in [-0.05, 0) is 91.6 Å². The maximum Gasteiger partial charge on any atom is 0.254 e. The number of aromatic hydroxyl groups is 2. The van der Waals surface area contributed by atoms with E-state index >= 15 is 0 Å². The SMILES string of the molecule is Cc1cc(O)c(C)c2c1C(=O)N(Cc1ccccc1)CC2.Cc1cc(O)c(C)c2c1CCN(Cc1ccccc1)C2=O. The Morgan fingerprint density at radius 1 is 0.595 bits per heavy atom. The minimum Gasteiger partial charge on any atom is -0.508 e. The van der Waals surface area contributed by atoms with E-state index in [4.69, 9.17) is 0 Å². The molecule has 2 amide bonds. The molecule has 2 heterocycles. The minimum atomic E-state index is 0.0246. The summed E-state index contributed by atoms with van der Waals surface area (Å²) in [4.78, 5) is 29.3. The maximum atomic E-state index is 12.8. The van der Waals surface area contributed by atoms with Crippen LogP contribution in [0.15, 0.2) is 72.8 Å². The van der Waals surface area contributed by atoms with Crippen molar-refractivity contribution in [1.29, 1.82) is 0 Å². The van der Waals surface area contributed by atoms with E-state index < -0.39 is 0 Å². The van der Waals surface area contributed by atoms with Crippen molar-refractivity contribution in [1.82, 2.24) is 9.80 Å². The van der Waals surface area contributed by atoms with Gasteiger partial charge in [-0.2, -0.15) is 0 Å². The van der Waals surface area contributed by atoms with Gasteiger partial charge in [0.15, 0.2) is 0 Å². The zero-order valence-electron chi connectivity index (χ0n) is 24.8. The molecule has 2 N–H and O–H groups in total. The Morgan fingerprint density at radius 2 is 1.05 bits per heavy atom. The molecule has 0 saturated carbocycles. The zero-order chi connectivity index (χ0) is 30.0. The molecule has 42 heavy (non-hydrogen) atoms. The normalized spacial score (nSPS) is 14.2. The lowest BCUT2D eigenvalue weighted by Crippen LogP contribution is -2.38. The fourth-order valence-corrected chi connectivity index (χ4v) is 6.06. The van der Waals surface area contributed by atoms with Crippen LogP contribution in [0.2, 0.25) is 0 Å². The molecule has 0 spiro atoms. The van der Waals surface area contributed by atoms with Crippen LogP contribution in [0, 0.1) is 27.7 Å². The van der Waals surface area contributed by atoms with E-state index in [9.17, 15) is 19.8 Å². The van der Waals surface area contributed by atoms with Crippen molar-refractivity contribution in [3.63, 3.8) is 0 Å². The first-order chi connectivity index (χ1) is 20.2. The number of carbonyl (C=O) groups is 2. The third kappa shape index (κ3) is 5.75. The van der Waals surface area contributed by atoms with Crippen LogP contribution in [0.5, 0.6) is 11.5 Å². The predicted octanol–water partition coefficient (Wildman–Crippen LogP) is 6.42. The van der Waals surface area contributed by atoms with Gasteiger partial charge in [-0.3, -0.25) is 9.59 Å². The van der Waals surface area contributed by atoms with Gasteiger partial charge in [0.2, 0.25) is 0 Å². The van der Waals surface area contributed by atoms with Gasteiger partial charge in [0.25, 0.3) is 11.8 Å². The average molecular weight is 563 g/mol. The summed E-state index contributed by atoms with van der Waals surface area (Å²) < 4.78 is 0. The second-order valence-electron chi connectivity index (χ2n) is 11.3. The summed E-state index contributed by atoms with van der Waals surface area (Å²) in [5, 5.41) is 19.9. The summed E-state index contributed by atoms with van der Waals surface area (Å²) in [5.41, 5.74) is 9.20. The van der Waals surface area contributed by atoms with E-state index in [-0.39, 0.29) is 23.3 Å². The first kappa shape index (κ1) is 28.9. The second kappa shape index (κ2) is 12.1. The molecule has 6 rings (SSSR count). The number of rotatable bonds is 4. The first-order valence-electron chi connectivity index (χ1n) is 14.5. The average Bonchev–Trinajstić information content (AvgIpc) is 2.98. The van der Waals surface area contributed by atoms with Crippen molar-refractivity contribution in [3.05, 3.63) is 128 Å². The van der Waals surface area contributed by atoms with E-state index in [1.54, 1.807) is 12.1 Å². The number of amides is 2. The van der Waals surface area contributed by atoms with E-state index in [1.807, 2.05) is 98.2 Å². The Hall–Kier alpha value is -4.58. The fourth-order valence-electron chi connectivity index (χ4n) is 6.06. The fraction of sp³-hybridized carbons (Fsp3) is 0.278. The van der Waals surface area contributed by atoms with Crippen molar-refractivity contribution in [2.45, 2.75) is 53.6 Å². The molecule has 0 atom stereocenters. The Morgan fingerprint density at radius 3 is 1.60 bits per heavy atom. The van der Waals surface area contributed by atoms with Crippen LogP contribution in [0.1, 0.15) is 65.2 Å². The topological polar surface area (TPSA) is 81.1 Å². The molecule has 4 aromatic rings. The largest absolute Gasteiger partial charge is 0.508 e. The summed E-state index contributed by atoms with van der Waals surface area (Å²) in [6.45, 7) is 10.2. The van der Waals surface area contributed by atoms with Gasteiger partial charge in [0.1, 0.15) is 11.5 Å². The highest BCUT2D eigenvalue weighted by Crippen LogP contribution is 2.33. The molecule has 0 bridgehead atoms. The van der Waals surface area contributed by atoms with Crippen LogP contribution in [-0.2, 0) is 25.9 Å². The minimum absolute atomic E-state index is 0.0246. The van der Waals surface area contributed by atoms with E-state index in [1.165, 1.54) is 0 Å². The van der Waals surface area contributed by atoms with Gasteiger partial charge < -0.3 is 20.0 Å². The molecule has 216 valence electrons. The van der Waals surface area contributed by atoms with Crippen molar-refractivity contribution in [2.24, 2.45) is 0 Å². The molecule has 0 radical (unpaired) electrons. The Labute approximate surface area is 247 Å². The molecule has 0 fully saturated rings. The van der Waals surface area contributed by atoms with Gasteiger partial charge in [0, 0.05) is 42.9 Å². The molecule has 4 aromatic carbocycles. The van der Waals surface area contributed by atoms with Crippen LogP contribution in [0.3, 0.4) is 0 Å². The number of phenolic OH excluding ortho intramolecular Hbond substituents is 2. The Balaban J connectivity index is 0.000000168. The molecule has 0 saturated heterocycles. The number of fused-ring (bicyclic) bond motifs is 2. The number of carbonyl (C=O) groups excluding carboxylic acids is 2. The molecule has 6 heteroatoms. The van der Waals surface area contributed by atoms with Crippen LogP contribution >= 0.6 is 0 Å². The molecular weight excluding hydrogens is 524 g/mol. The lowest BCUT2D eigenvalue weighted by Gasteiger charge is -2.31. The first-order valence-corrected chi connectivity index (χ1v) is 14.5. The van der Waals surface area contributed by atoms with E-state index in [0.717, 1.165) is 63.9 Å². The summed E-state index contributed by atoms with van der Waals surface area (Å²) in [5.74, 6) is 0.592. The van der Waals surface area contributed by atoms with Gasteiger partial charge >= 0.3 is 0 Å². The summed E-state index contributed by atoms with van der Waals surface area (Å²) in [7, 11) is 0. The highest BCUT2D eigenvalue weighted by atomic mass is 16.3. The summed E-state index contributed by atoms with van der Waals surface area (Å²) >= 11 is 0. The molecule has 6 nitrogen and oxygen atoms in total. The van der Waals surface area contributed by atoms with Gasteiger partial charge in [-0.15, -0.1) is 0 Å². The van der Waals surface area contributed by atoms with Gasteiger partial charge in [-0.1, -0.05) is 60.7 Å². The number of hydrogen-bond acceptors (Lipinski definition) is 4. The summed E-state index contributed by atoms with van der Waals surface area (Å²) in [6.07, 6.45) is 1.65. The third-order valence-corrected chi connectivity index (χ3v) is 8.47. The summed E-state index contributed by atoms with van der Waals surface area (Å²) in [6, 6.07) is 23.5. The monoisotopic (exact) mass is 562 g/mol. The van der Waals surface area contributed by atoms with Crippen LogP contribution in [0.4, 0.5) is 0 Å². The lowest BCUT2D eigenvalue weighted by molar-refractivity contribution is 0.0718. The smallest absolute Gasteiger partial charge is 0.254 e. The number of nitrogens with zero attached hydrogens (tertiary/aromatic N) is 2. The number of hydrogen-bond donors (Lipinski definition) is 2. The van der Waals surface area contributed by atoms with Crippen LogP contribution < -0.4 is 0 Å². The highest BCUT2D eigenvalue weighted by Gasteiger charge is 2.29. The quantitative estimate of drug-likeness (QED) is 0.301. The molecule has 0 aliphatic carbocycles. The molecule has 0 unspecified atom stereocenters. The van der Waals surface area contributed by atoms with Crippen molar-refractivity contribution < 1.29 is 19.8 Å². The van der Waals surface area contributed by atoms with Gasteiger partial charge in [-0.25, -0.2) is 0 Å². The maximum absolute atomic E-state index is 12.8. The van der Waals surface area contributed by atoms with Crippen molar-refractivity contribution in [3.8, 4) is 11.5 Å². The lowest BCUT2D eigenvalue weighted by atomic mass is 9.90. The molecule has 2 aliphatic heterocycles. The predicted molar refractivity (Wildman–Crippen MR) is 165 cm³/mol. The Bertz CT molecular complexity index is 1630. The molecular formula is C36H38N2O4. The number of aryl methyl sites for hydroxylation is 2. The second-order valence-corrected chi connectivity index (χ2v) is 11.3. The van der Waals surface area contributed by atoms with Crippen LogP contribution in [0.25, 0.3) is 0 Å². The van der Waals surface area contributed by atoms with Crippen molar-refractivity contribution >= 4 is 11.8 Å². The molecule has 0 aromatic heterocycles. The highest BCUT2D eigenvalue weighted by molar-refractivity contribution is 5.99.